The van der Waals surface area contributed by atoms with E-state index in [1.54, 1.807) is 40.0 Å². The van der Waals surface area contributed by atoms with Crippen LogP contribution in [0.5, 0.6) is 5.75 Å². The Hall–Kier alpha value is -4.85. The Balaban J connectivity index is 1.67. The summed E-state index contributed by atoms with van der Waals surface area (Å²) in [6, 6.07) is 26.3. The van der Waals surface area contributed by atoms with E-state index in [0.717, 1.165) is 0 Å². The molecule has 192 valence electrons. The third-order valence-corrected chi connectivity index (χ3v) is 6.24. The fourth-order valence-electron chi connectivity index (χ4n) is 4.39. The predicted octanol–water partition coefficient (Wildman–Crippen LogP) is 6.17. The quantitative estimate of drug-likeness (QED) is 0.271. The number of hydrogen-bond acceptors (Lipinski definition) is 5. The summed E-state index contributed by atoms with van der Waals surface area (Å²) in [5.41, 5.74) is 1.51. The Morgan fingerprint density at radius 2 is 1.74 bits per heavy atom. The maximum Gasteiger partial charge on any atom is 0.322 e. The molecule has 1 N–H and O–H groups in total. The number of ether oxygens (including phenoxy) is 1. The monoisotopic (exact) mass is 508 g/mol. The van der Waals surface area contributed by atoms with Gasteiger partial charge < -0.3 is 19.4 Å². The third kappa shape index (κ3) is 5.01. The lowest BCUT2D eigenvalue weighted by Crippen LogP contribution is -2.39. The summed E-state index contributed by atoms with van der Waals surface area (Å²) in [4.78, 5) is 34.1. The van der Waals surface area contributed by atoms with E-state index in [1.165, 1.54) is 0 Å². The Labute approximate surface area is 220 Å². The number of carbonyl (C=O) groups is 1. The van der Waals surface area contributed by atoms with Crippen LogP contribution >= 0.6 is 0 Å². The largest absolute Gasteiger partial charge is 0.492 e. The van der Waals surface area contributed by atoms with Gasteiger partial charge in [-0.2, -0.15) is 0 Å². The number of rotatable bonds is 8. The van der Waals surface area contributed by atoms with Crippen LogP contribution in [0.15, 0.2) is 106 Å². The summed E-state index contributed by atoms with van der Waals surface area (Å²) in [5.74, 6) is 1.55. The minimum Gasteiger partial charge on any atom is -0.492 e. The normalized spacial score (nSPS) is 11.7. The van der Waals surface area contributed by atoms with Crippen molar-refractivity contribution in [3.8, 4) is 11.4 Å². The first-order chi connectivity index (χ1) is 18.6. The number of furan rings is 1. The molecule has 0 saturated heterocycles. The van der Waals surface area contributed by atoms with E-state index in [9.17, 15) is 9.59 Å². The number of aromatic nitrogens is 2. The molecule has 8 nitrogen and oxygen atoms in total. The Morgan fingerprint density at radius 3 is 2.50 bits per heavy atom. The van der Waals surface area contributed by atoms with E-state index in [-0.39, 0.29) is 18.1 Å². The number of carbonyl (C=O) groups excluding carboxylic acids is 1. The lowest BCUT2D eigenvalue weighted by atomic mass is 10.1. The van der Waals surface area contributed by atoms with Gasteiger partial charge in [-0.05, 0) is 62.4 Å². The SMILES string of the molecule is CCOc1ccccc1-n1c(C(C)N(Cc2ccco2)C(=O)Nc2ccccc2)nc2ccccc2c1=O. The third-order valence-electron chi connectivity index (χ3n) is 6.24. The van der Waals surface area contributed by atoms with Crippen molar-refractivity contribution in [3.05, 3.63) is 119 Å². The topological polar surface area (TPSA) is 89.6 Å². The number of hydrogen-bond donors (Lipinski definition) is 1. The molecule has 5 rings (SSSR count). The van der Waals surface area contributed by atoms with Gasteiger partial charge in [-0.25, -0.2) is 9.78 Å². The molecule has 1 unspecified atom stereocenters. The molecule has 1 atom stereocenters. The van der Waals surface area contributed by atoms with Gasteiger partial charge in [-0.15, -0.1) is 0 Å². The lowest BCUT2D eigenvalue weighted by molar-refractivity contribution is 0.179. The van der Waals surface area contributed by atoms with E-state index in [4.69, 9.17) is 14.1 Å². The fourth-order valence-corrected chi connectivity index (χ4v) is 4.39. The maximum absolute atomic E-state index is 13.9. The van der Waals surface area contributed by atoms with Crippen LogP contribution in [-0.4, -0.2) is 27.1 Å². The maximum atomic E-state index is 13.9. The highest BCUT2D eigenvalue weighted by Crippen LogP contribution is 2.29. The minimum absolute atomic E-state index is 0.169. The van der Waals surface area contributed by atoms with Crippen LogP contribution in [0.3, 0.4) is 0 Å². The zero-order valence-corrected chi connectivity index (χ0v) is 21.2. The van der Waals surface area contributed by atoms with Crippen LogP contribution in [0.1, 0.15) is 31.5 Å². The number of para-hydroxylation sites is 4. The number of urea groups is 1. The van der Waals surface area contributed by atoms with Crippen molar-refractivity contribution in [1.29, 1.82) is 0 Å². The Bertz CT molecular complexity index is 1600. The molecule has 5 aromatic rings. The van der Waals surface area contributed by atoms with Crippen molar-refractivity contribution in [2.45, 2.75) is 26.4 Å². The molecule has 2 heterocycles. The van der Waals surface area contributed by atoms with Gasteiger partial charge in [0.1, 0.15) is 17.3 Å². The van der Waals surface area contributed by atoms with Gasteiger partial charge in [0.25, 0.3) is 5.56 Å². The van der Waals surface area contributed by atoms with Crippen LogP contribution in [0.4, 0.5) is 10.5 Å². The second-order valence-corrected chi connectivity index (χ2v) is 8.71. The number of anilines is 1. The number of amides is 2. The van der Waals surface area contributed by atoms with Gasteiger partial charge in [0, 0.05) is 5.69 Å². The summed E-state index contributed by atoms with van der Waals surface area (Å²) >= 11 is 0. The van der Waals surface area contributed by atoms with Crippen LogP contribution < -0.4 is 15.6 Å². The molecule has 0 fully saturated rings. The molecule has 8 heteroatoms. The summed E-state index contributed by atoms with van der Waals surface area (Å²) < 4.78 is 13.0. The molecule has 0 bridgehead atoms. The first-order valence-electron chi connectivity index (χ1n) is 12.5. The molecule has 0 spiro atoms. The van der Waals surface area contributed by atoms with Gasteiger partial charge in [0.05, 0.1) is 42.0 Å². The number of fused-ring (bicyclic) bond motifs is 1. The highest BCUT2D eigenvalue weighted by molar-refractivity contribution is 5.89. The summed E-state index contributed by atoms with van der Waals surface area (Å²) in [6.45, 7) is 4.34. The van der Waals surface area contributed by atoms with Crippen molar-refractivity contribution in [2.75, 3.05) is 11.9 Å². The molecule has 0 aliphatic rings. The van der Waals surface area contributed by atoms with Gasteiger partial charge in [-0.3, -0.25) is 9.36 Å². The van der Waals surface area contributed by atoms with E-state index < -0.39 is 6.04 Å². The van der Waals surface area contributed by atoms with Crippen molar-refractivity contribution in [2.24, 2.45) is 0 Å². The molecule has 0 radical (unpaired) electrons. The standard InChI is InChI=1S/C30H28N4O4/c1-3-37-27-18-10-9-17-26(27)34-28(32-25-16-8-7-15-24(25)29(34)35)21(2)33(20-23-14-11-19-38-23)30(36)31-22-12-5-4-6-13-22/h4-19,21H,3,20H2,1-2H3,(H,31,36). The summed E-state index contributed by atoms with van der Waals surface area (Å²) in [5, 5.41) is 3.43. The van der Waals surface area contributed by atoms with E-state index >= 15 is 0 Å². The average Bonchev–Trinajstić information content (AvgIpc) is 3.46. The fraction of sp³-hybridized carbons (Fsp3) is 0.167. The summed E-state index contributed by atoms with van der Waals surface area (Å²) in [7, 11) is 0. The second kappa shape index (κ2) is 11.0. The molecule has 2 amide bonds. The smallest absolute Gasteiger partial charge is 0.322 e. The minimum atomic E-state index is -0.629. The molecule has 0 aliphatic carbocycles. The first-order valence-corrected chi connectivity index (χ1v) is 12.5. The zero-order chi connectivity index (χ0) is 26.5. The van der Waals surface area contributed by atoms with Crippen LogP contribution in [0.25, 0.3) is 16.6 Å². The van der Waals surface area contributed by atoms with Crippen molar-refractivity contribution >= 4 is 22.6 Å². The second-order valence-electron chi connectivity index (χ2n) is 8.71. The summed E-state index contributed by atoms with van der Waals surface area (Å²) in [6.07, 6.45) is 1.57. The van der Waals surface area contributed by atoms with E-state index in [1.807, 2.05) is 80.6 Å². The van der Waals surface area contributed by atoms with Gasteiger partial charge in [-0.1, -0.05) is 42.5 Å². The molecule has 38 heavy (non-hydrogen) atoms. The van der Waals surface area contributed by atoms with Crippen LogP contribution in [0, 0.1) is 0 Å². The van der Waals surface area contributed by atoms with Crippen LogP contribution in [-0.2, 0) is 6.54 Å². The zero-order valence-electron chi connectivity index (χ0n) is 21.2. The molecule has 0 aliphatic heterocycles. The molecular formula is C30H28N4O4. The van der Waals surface area contributed by atoms with Crippen molar-refractivity contribution < 1.29 is 13.9 Å². The van der Waals surface area contributed by atoms with E-state index in [2.05, 4.69) is 5.32 Å². The number of nitrogens with zero attached hydrogens (tertiary/aromatic N) is 3. The van der Waals surface area contributed by atoms with E-state index in [0.29, 0.717) is 46.2 Å². The highest BCUT2D eigenvalue weighted by Gasteiger charge is 2.28. The molecule has 2 aromatic heterocycles. The highest BCUT2D eigenvalue weighted by atomic mass is 16.5. The Morgan fingerprint density at radius 1 is 1.00 bits per heavy atom. The molecule has 3 aromatic carbocycles. The van der Waals surface area contributed by atoms with Crippen molar-refractivity contribution in [1.82, 2.24) is 14.5 Å². The van der Waals surface area contributed by atoms with Crippen LogP contribution in [0.2, 0.25) is 0 Å². The van der Waals surface area contributed by atoms with Gasteiger partial charge in [0.15, 0.2) is 0 Å². The van der Waals surface area contributed by atoms with Gasteiger partial charge in [0.2, 0.25) is 0 Å². The number of nitrogens with one attached hydrogen (secondary N) is 1. The number of benzene rings is 3. The Kier molecular flexibility index (Phi) is 7.21. The lowest BCUT2D eigenvalue weighted by Gasteiger charge is -2.30. The molecule has 0 saturated carbocycles. The van der Waals surface area contributed by atoms with Crippen molar-refractivity contribution in [3.63, 3.8) is 0 Å². The average molecular weight is 509 g/mol. The first kappa shape index (κ1) is 24.8. The predicted molar refractivity (Wildman–Crippen MR) is 147 cm³/mol. The van der Waals surface area contributed by atoms with Gasteiger partial charge >= 0.3 is 6.03 Å². The molecular weight excluding hydrogens is 480 g/mol.